The normalized spacial score (nSPS) is 10.8. The molecule has 6 heteroatoms. The number of aromatic amines is 2. The summed E-state index contributed by atoms with van der Waals surface area (Å²) < 4.78 is 0. The lowest BCUT2D eigenvalue weighted by Gasteiger charge is -2.06. The van der Waals surface area contributed by atoms with Crippen LogP contribution in [0.4, 0.5) is 5.69 Å². The van der Waals surface area contributed by atoms with Gasteiger partial charge in [0.2, 0.25) is 0 Å². The fourth-order valence-electron chi connectivity index (χ4n) is 2.24. The van der Waals surface area contributed by atoms with E-state index in [1.54, 1.807) is 25.1 Å². The van der Waals surface area contributed by atoms with Crippen LogP contribution in [0.5, 0.6) is 0 Å². The van der Waals surface area contributed by atoms with Crippen molar-refractivity contribution in [3.05, 3.63) is 57.6 Å². The number of carbonyl (C=O) groups excluding carboxylic acids is 1. The van der Waals surface area contributed by atoms with E-state index in [0.29, 0.717) is 22.3 Å². The largest absolute Gasteiger partial charge is 0.350 e. The van der Waals surface area contributed by atoms with E-state index in [2.05, 4.69) is 20.5 Å². The Morgan fingerprint density at radius 1 is 1.24 bits per heavy atom. The van der Waals surface area contributed by atoms with E-state index in [9.17, 15) is 9.59 Å². The minimum Gasteiger partial charge on any atom is -0.350 e. The lowest BCUT2D eigenvalue weighted by Crippen LogP contribution is -2.17. The third-order valence-corrected chi connectivity index (χ3v) is 3.35. The number of H-pyrrole nitrogens is 2. The van der Waals surface area contributed by atoms with Crippen molar-refractivity contribution in [2.45, 2.75) is 13.8 Å². The van der Waals surface area contributed by atoms with Crippen LogP contribution in [0.3, 0.4) is 0 Å². The van der Waals surface area contributed by atoms with Gasteiger partial charge in [0.25, 0.3) is 5.91 Å². The Bertz CT molecular complexity index is 873. The number of carbonyl (C=O) groups is 1. The van der Waals surface area contributed by atoms with Gasteiger partial charge >= 0.3 is 0 Å². The predicted molar refractivity (Wildman–Crippen MR) is 80.6 cm³/mol. The van der Waals surface area contributed by atoms with Crippen molar-refractivity contribution < 1.29 is 4.79 Å². The minimum absolute atomic E-state index is 0.185. The Morgan fingerprint density at radius 3 is 2.71 bits per heavy atom. The molecule has 3 rings (SSSR count). The first-order valence-corrected chi connectivity index (χ1v) is 6.51. The van der Waals surface area contributed by atoms with E-state index in [0.717, 1.165) is 5.69 Å². The average molecular weight is 282 g/mol. The minimum atomic E-state index is -0.370. The summed E-state index contributed by atoms with van der Waals surface area (Å²) in [5, 5.41) is 10.1. The van der Waals surface area contributed by atoms with Gasteiger partial charge in [-0.05, 0) is 26.0 Å². The molecule has 1 aromatic carbocycles. The molecule has 21 heavy (non-hydrogen) atoms. The molecule has 3 N–H and O–H groups in total. The van der Waals surface area contributed by atoms with E-state index in [4.69, 9.17) is 0 Å². The van der Waals surface area contributed by atoms with Crippen LogP contribution in [0.15, 0.2) is 35.1 Å². The summed E-state index contributed by atoms with van der Waals surface area (Å²) in [4.78, 5) is 27.3. The summed E-state index contributed by atoms with van der Waals surface area (Å²) in [6.45, 7) is 3.61. The van der Waals surface area contributed by atoms with E-state index in [-0.39, 0.29) is 17.0 Å². The van der Waals surface area contributed by atoms with Gasteiger partial charge in [-0.2, -0.15) is 5.10 Å². The summed E-state index contributed by atoms with van der Waals surface area (Å²) in [5.74, 6) is -0.370. The molecule has 0 radical (unpaired) electrons. The second-order valence-corrected chi connectivity index (χ2v) is 4.86. The molecule has 0 aliphatic carbocycles. The smallest absolute Gasteiger partial charge is 0.272 e. The van der Waals surface area contributed by atoms with E-state index in [1.807, 2.05) is 13.0 Å². The number of pyridine rings is 1. The number of aryl methyl sites for hydroxylation is 2. The summed E-state index contributed by atoms with van der Waals surface area (Å²) in [6.07, 6.45) is 0. The van der Waals surface area contributed by atoms with Crippen LogP contribution >= 0.6 is 0 Å². The average Bonchev–Trinajstić information content (AvgIpc) is 2.79. The van der Waals surface area contributed by atoms with Gasteiger partial charge < -0.3 is 10.3 Å². The predicted octanol–water partition coefficient (Wildman–Crippen LogP) is 2.12. The summed E-state index contributed by atoms with van der Waals surface area (Å²) in [5.41, 5.74) is 2.77. The van der Waals surface area contributed by atoms with Gasteiger partial charge in [0.05, 0.1) is 17.1 Å². The van der Waals surface area contributed by atoms with Crippen LogP contribution < -0.4 is 10.7 Å². The standard InChI is InChI=1S/C15H14N4O2/c1-8-14(9(2)19-18-8)17-15(21)12-7-13(20)10-5-3-4-6-11(10)16-12/h3-7H,1-2H3,(H,16,20)(H,17,21)(H,18,19). The highest BCUT2D eigenvalue weighted by atomic mass is 16.2. The first-order chi connectivity index (χ1) is 10.1. The van der Waals surface area contributed by atoms with Gasteiger partial charge in [0.15, 0.2) is 5.43 Å². The highest BCUT2D eigenvalue weighted by Crippen LogP contribution is 2.17. The molecule has 0 saturated heterocycles. The van der Waals surface area contributed by atoms with Crippen LogP contribution in [-0.2, 0) is 0 Å². The third kappa shape index (κ3) is 2.31. The van der Waals surface area contributed by atoms with Gasteiger partial charge in [-0.3, -0.25) is 14.7 Å². The number of nitrogens with zero attached hydrogens (tertiary/aromatic N) is 1. The number of nitrogens with one attached hydrogen (secondary N) is 3. The molecule has 0 unspecified atom stereocenters. The first kappa shape index (κ1) is 13.1. The fraction of sp³-hybridized carbons (Fsp3) is 0.133. The molecular formula is C15H14N4O2. The molecule has 0 atom stereocenters. The highest BCUT2D eigenvalue weighted by Gasteiger charge is 2.13. The molecule has 0 fully saturated rings. The monoisotopic (exact) mass is 282 g/mol. The fourth-order valence-corrected chi connectivity index (χ4v) is 2.24. The van der Waals surface area contributed by atoms with Crippen LogP contribution in [0.25, 0.3) is 10.9 Å². The van der Waals surface area contributed by atoms with Gasteiger partial charge in [-0.1, -0.05) is 12.1 Å². The van der Waals surface area contributed by atoms with Crippen LogP contribution in [0.1, 0.15) is 21.9 Å². The van der Waals surface area contributed by atoms with Crippen molar-refractivity contribution in [3.63, 3.8) is 0 Å². The van der Waals surface area contributed by atoms with Crippen LogP contribution in [0, 0.1) is 13.8 Å². The number of benzene rings is 1. The second-order valence-electron chi connectivity index (χ2n) is 4.86. The summed E-state index contributed by atoms with van der Waals surface area (Å²) in [6, 6.07) is 8.39. The maximum absolute atomic E-state index is 12.3. The lowest BCUT2D eigenvalue weighted by molar-refractivity contribution is 0.102. The molecular weight excluding hydrogens is 268 g/mol. The molecule has 0 aliphatic rings. The Labute approximate surface area is 120 Å². The van der Waals surface area contributed by atoms with Gasteiger partial charge in [-0.15, -0.1) is 0 Å². The Hall–Kier alpha value is -2.89. The number of aromatic nitrogens is 3. The van der Waals surface area contributed by atoms with Crippen LogP contribution in [-0.4, -0.2) is 21.1 Å². The number of anilines is 1. The number of rotatable bonds is 2. The van der Waals surface area contributed by atoms with E-state index in [1.165, 1.54) is 6.07 Å². The zero-order valence-electron chi connectivity index (χ0n) is 11.7. The highest BCUT2D eigenvalue weighted by molar-refractivity contribution is 6.04. The maximum Gasteiger partial charge on any atom is 0.272 e. The Kier molecular flexibility index (Phi) is 3.06. The zero-order valence-corrected chi connectivity index (χ0v) is 11.7. The van der Waals surface area contributed by atoms with Gasteiger partial charge in [-0.25, -0.2) is 0 Å². The van der Waals surface area contributed by atoms with E-state index < -0.39 is 0 Å². The van der Waals surface area contributed by atoms with Crippen molar-refractivity contribution in [1.29, 1.82) is 0 Å². The van der Waals surface area contributed by atoms with Crippen molar-refractivity contribution in [3.8, 4) is 0 Å². The molecule has 3 aromatic rings. The van der Waals surface area contributed by atoms with Gasteiger partial charge in [0.1, 0.15) is 5.69 Å². The molecule has 2 heterocycles. The quantitative estimate of drug-likeness (QED) is 0.672. The van der Waals surface area contributed by atoms with Gasteiger partial charge in [0, 0.05) is 17.0 Å². The molecule has 2 aromatic heterocycles. The van der Waals surface area contributed by atoms with Crippen LogP contribution in [0.2, 0.25) is 0 Å². The Balaban J connectivity index is 2.01. The molecule has 0 saturated carbocycles. The first-order valence-electron chi connectivity index (χ1n) is 6.51. The molecule has 1 amide bonds. The number of fused-ring (bicyclic) bond motifs is 1. The topological polar surface area (TPSA) is 90.6 Å². The zero-order chi connectivity index (χ0) is 15.0. The van der Waals surface area contributed by atoms with Crippen molar-refractivity contribution in [2.24, 2.45) is 0 Å². The second kappa shape index (κ2) is 4.90. The molecule has 0 aliphatic heterocycles. The number of hydrogen-bond acceptors (Lipinski definition) is 3. The van der Waals surface area contributed by atoms with Crippen molar-refractivity contribution in [2.75, 3.05) is 5.32 Å². The van der Waals surface area contributed by atoms with E-state index >= 15 is 0 Å². The summed E-state index contributed by atoms with van der Waals surface area (Å²) in [7, 11) is 0. The lowest BCUT2D eigenvalue weighted by atomic mass is 10.2. The molecule has 106 valence electrons. The molecule has 0 spiro atoms. The van der Waals surface area contributed by atoms with Crippen molar-refractivity contribution >= 4 is 22.5 Å². The summed E-state index contributed by atoms with van der Waals surface area (Å²) >= 11 is 0. The third-order valence-electron chi connectivity index (χ3n) is 3.35. The molecule has 0 bridgehead atoms. The number of amides is 1. The number of hydrogen-bond donors (Lipinski definition) is 3. The maximum atomic E-state index is 12.3. The van der Waals surface area contributed by atoms with Crippen molar-refractivity contribution in [1.82, 2.24) is 15.2 Å². The molecule has 6 nitrogen and oxygen atoms in total. The number of para-hydroxylation sites is 1. The Morgan fingerprint density at radius 2 is 2.00 bits per heavy atom. The SMILES string of the molecule is Cc1n[nH]c(C)c1NC(=O)c1cc(=O)c2ccccc2[nH]1.